The zero-order chi connectivity index (χ0) is 15.9. The minimum Gasteiger partial charge on any atom is -0.328 e. The molecule has 0 saturated carbocycles. The van der Waals surface area contributed by atoms with Crippen molar-refractivity contribution in [2.45, 2.75) is 20.4 Å². The molecule has 1 heterocycles. The lowest BCUT2D eigenvalue weighted by molar-refractivity contribution is -0.133. The molecule has 0 spiro atoms. The first-order chi connectivity index (χ1) is 10.5. The fourth-order valence-electron chi connectivity index (χ4n) is 1.98. The van der Waals surface area contributed by atoms with E-state index in [0.29, 0.717) is 6.54 Å². The molecule has 0 saturated heterocycles. The Morgan fingerprint density at radius 1 is 1.14 bits per heavy atom. The van der Waals surface area contributed by atoms with Crippen LogP contribution in [0.25, 0.3) is 0 Å². The number of amides is 2. The number of pyridine rings is 1. The molecule has 0 aliphatic carbocycles. The molecule has 1 aromatic carbocycles. The lowest BCUT2D eigenvalue weighted by Crippen LogP contribution is -2.36. The van der Waals surface area contributed by atoms with Crippen molar-refractivity contribution in [1.29, 1.82) is 0 Å². The standard InChI is InChI=1S/C17H19N3O2/c1-13-6-8-15(9-7-13)19-17(22)12-20(14(2)21)11-16-5-3-4-10-18-16/h3-10H,11-12H2,1-2H3,(H,19,22). The molecule has 1 N–H and O–H groups in total. The number of anilines is 1. The third-order valence-electron chi connectivity index (χ3n) is 3.19. The summed E-state index contributed by atoms with van der Waals surface area (Å²) < 4.78 is 0. The molecule has 2 rings (SSSR count). The summed E-state index contributed by atoms with van der Waals surface area (Å²) in [4.78, 5) is 29.4. The maximum Gasteiger partial charge on any atom is 0.244 e. The smallest absolute Gasteiger partial charge is 0.244 e. The lowest BCUT2D eigenvalue weighted by Gasteiger charge is -2.20. The first-order valence-corrected chi connectivity index (χ1v) is 7.06. The monoisotopic (exact) mass is 297 g/mol. The molecule has 0 aliphatic rings. The predicted molar refractivity (Wildman–Crippen MR) is 85.1 cm³/mol. The molecule has 1 aromatic heterocycles. The molecule has 0 bridgehead atoms. The van der Waals surface area contributed by atoms with Gasteiger partial charge in [0.2, 0.25) is 11.8 Å². The van der Waals surface area contributed by atoms with E-state index in [9.17, 15) is 9.59 Å². The predicted octanol–water partition coefficient (Wildman–Crippen LogP) is 2.38. The average Bonchev–Trinajstić information content (AvgIpc) is 2.50. The van der Waals surface area contributed by atoms with Crippen molar-refractivity contribution in [2.75, 3.05) is 11.9 Å². The molecular formula is C17H19N3O2. The largest absolute Gasteiger partial charge is 0.328 e. The quantitative estimate of drug-likeness (QED) is 0.921. The van der Waals surface area contributed by atoms with E-state index in [2.05, 4.69) is 10.3 Å². The Morgan fingerprint density at radius 3 is 2.45 bits per heavy atom. The van der Waals surface area contributed by atoms with E-state index < -0.39 is 0 Å². The van der Waals surface area contributed by atoms with E-state index >= 15 is 0 Å². The fourth-order valence-corrected chi connectivity index (χ4v) is 1.98. The molecule has 2 aromatic rings. The second-order valence-electron chi connectivity index (χ2n) is 5.11. The van der Waals surface area contributed by atoms with Crippen molar-refractivity contribution < 1.29 is 9.59 Å². The van der Waals surface area contributed by atoms with Crippen molar-refractivity contribution >= 4 is 17.5 Å². The number of carbonyl (C=O) groups is 2. The van der Waals surface area contributed by atoms with Crippen LogP contribution in [0.1, 0.15) is 18.2 Å². The van der Waals surface area contributed by atoms with Crippen LogP contribution in [0.15, 0.2) is 48.7 Å². The number of rotatable bonds is 5. The fraction of sp³-hybridized carbons (Fsp3) is 0.235. The molecule has 5 nitrogen and oxygen atoms in total. The van der Waals surface area contributed by atoms with Crippen LogP contribution in [0.4, 0.5) is 5.69 Å². The number of aromatic nitrogens is 1. The highest BCUT2D eigenvalue weighted by molar-refractivity contribution is 5.94. The Hall–Kier alpha value is -2.69. The first-order valence-electron chi connectivity index (χ1n) is 7.06. The van der Waals surface area contributed by atoms with Crippen molar-refractivity contribution in [1.82, 2.24) is 9.88 Å². The van der Waals surface area contributed by atoms with Crippen LogP contribution in [0.3, 0.4) is 0 Å². The van der Waals surface area contributed by atoms with Gasteiger partial charge >= 0.3 is 0 Å². The summed E-state index contributed by atoms with van der Waals surface area (Å²) in [5.74, 6) is -0.389. The van der Waals surface area contributed by atoms with Gasteiger partial charge in [0.1, 0.15) is 6.54 Å². The Labute approximate surface area is 130 Å². The SMILES string of the molecule is CC(=O)N(CC(=O)Nc1ccc(C)cc1)Cc1ccccn1. The molecule has 0 radical (unpaired) electrons. The highest BCUT2D eigenvalue weighted by atomic mass is 16.2. The summed E-state index contributed by atoms with van der Waals surface area (Å²) in [6.45, 7) is 3.75. The number of nitrogens with zero attached hydrogens (tertiary/aromatic N) is 2. The molecule has 5 heteroatoms. The molecule has 0 atom stereocenters. The highest BCUT2D eigenvalue weighted by Crippen LogP contribution is 2.09. The first kappa shape index (κ1) is 15.7. The number of hydrogen-bond acceptors (Lipinski definition) is 3. The van der Waals surface area contributed by atoms with Crippen LogP contribution in [0.2, 0.25) is 0 Å². The molecule has 22 heavy (non-hydrogen) atoms. The molecule has 0 unspecified atom stereocenters. The van der Waals surface area contributed by atoms with E-state index in [0.717, 1.165) is 16.9 Å². The van der Waals surface area contributed by atoms with Crippen LogP contribution in [0, 0.1) is 6.92 Å². The number of hydrogen-bond donors (Lipinski definition) is 1. The zero-order valence-corrected chi connectivity index (χ0v) is 12.7. The Kier molecular flexibility index (Phi) is 5.25. The maximum absolute atomic E-state index is 12.1. The van der Waals surface area contributed by atoms with E-state index in [1.54, 1.807) is 6.20 Å². The third kappa shape index (κ3) is 4.70. The molecule has 114 valence electrons. The van der Waals surface area contributed by atoms with Gasteiger partial charge in [-0.1, -0.05) is 23.8 Å². The van der Waals surface area contributed by atoms with Crippen molar-refractivity contribution in [3.63, 3.8) is 0 Å². The van der Waals surface area contributed by atoms with Crippen LogP contribution >= 0.6 is 0 Å². The number of carbonyl (C=O) groups excluding carboxylic acids is 2. The second kappa shape index (κ2) is 7.36. The van der Waals surface area contributed by atoms with Crippen LogP contribution in [0.5, 0.6) is 0 Å². The molecule has 0 aliphatic heterocycles. The highest BCUT2D eigenvalue weighted by Gasteiger charge is 2.14. The van der Waals surface area contributed by atoms with Crippen LogP contribution in [-0.2, 0) is 16.1 Å². The summed E-state index contributed by atoms with van der Waals surface area (Å²) in [7, 11) is 0. The maximum atomic E-state index is 12.1. The van der Waals surface area contributed by atoms with Gasteiger partial charge in [0, 0.05) is 18.8 Å². The Balaban J connectivity index is 1.97. The van der Waals surface area contributed by atoms with Crippen molar-refractivity contribution in [2.24, 2.45) is 0 Å². The number of benzene rings is 1. The van der Waals surface area contributed by atoms with E-state index in [-0.39, 0.29) is 18.4 Å². The Morgan fingerprint density at radius 2 is 1.86 bits per heavy atom. The van der Waals surface area contributed by atoms with Gasteiger partial charge in [-0.3, -0.25) is 14.6 Å². The summed E-state index contributed by atoms with van der Waals surface area (Å²) in [6.07, 6.45) is 1.67. The van der Waals surface area contributed by atoms with Gasteiger partial charge in [-0.05, 0) is 31.2 Å². The van der Waals surface area contributed by atoms with Crippen molar-refractivity contribution in [3.05, 3.63) is 59.9 Å². The molecular weight excluding hydrogens is 278 g/mol. The zero-order valence-electron chi connectivity index (χ0n) is 12.7. The van der Waals surface area contributed by atoms with Gasteiger partial charge in [-0.15, -0.1) is 0 Å². The third-order valence-corrected chi connectivity index (χ3v) is 3.19. The average molecular weight is 297 g/mol. The van der Waals surface area contributed by atoms with Gasteiger partial charge in [0.15, 0.2) is 0 Å². The van der Waals surface area contributed by atoms with E-state index in [1.807, 2.05) is 49.4 Å². The number of aryl methyl sites for hydroxylation is 1. The van der Waals surface area contributed by atoms with Gasteiger partial charge < -0.3 is 10.2 Å². The summed E-state index contributed by atoms with van der Waals surface area (Å²) >= 11 is 0. The topological polar surface area (TPSA) is 62.3 Å². The summed E-state index contributed by atoms with van der Waals surface area (Å²) in [5.41, 5.74) is 2.59. The van der Waals surface area contributed by atoms with Gasteiger partial charge in [-0.25, -0.2) is 0 Å². The number of nitrogens with one attached hydrogen (secondary N) is 1. The van der Waals surface area contributed by atoms with E-state index in [4.69, 9.17) is 0 Å². The van der Waals surface area contributed by atoms with Crippen molar-refractivity contribution in [3.8, 4) is 0 Å². The molecule has 0 fully saturated rings. The molecule has 2 amide bonds. The lowest BCUT2D eigenvalue weighted by atomic mass is 10.2. The minimum atomic E-state index is -0.227. The van der Waals surface area contributed by atoms with Crippen LogP contribution in [-0.4, -0.2) is 28.2 Å². The second-order valence-corrected chi connectivity index (χ2v) is 5.11. The summed E-state index contributed by atoms with van der Waals surface area (Å²) in [5, 5.41) is 2.79. The minimum absolute atomic E-state index is 0.000214. The van der Waals surface area contributed by atoms with Crippen LogP contribution < -0.4 is 5.32 Å². The van der Waals surface area contributed by atoms with Gasteiger partial charge in [-0.2, -0.15) is 0 Å². The van der Waals surface area contributed by atoms with E-state index in [1.165, 1.54) is 11.8 Å². The summed E-state index contributed by atoms with van der Waals surface area (Å²) in [6, 6.07) is 13.0. The van der Waals surface area contributed by atoms with Gasteiger partial charge in [0.05, 0.1) is 12.2 Å². The normalized spacial score (nSPS) is 10.1. The van der Waals surface area contributed by atoms with Gasteiger partial charge in [0.25, 0.3) is 0 Å². The Bertz CT molecular complexity index is 639.